The molecule has 0 saturated heterocycles. The number of rotatable bonds is 8. The third-order valence-corrected chi connectivity index (χ3v) is 4.11. The molecule has 0 spiro atoms. The number of carbonyl (C=O) groups is 2. The van der Waals surface area contributed by atoms with E-state index in [1.54, 1.807) is 40.3 Å². The van der Waals surface area contributed by atoms with Gasteiger partial charge >= 0.3 is 5.97 Å². The van der Waals surface area contributed by atoms with Crippen LogP contribution in [0.2, 0.25) is 0 Å². The second-order valence-electron chi connectivity index (χ2n) is 5.92. The number of hydrogen-bond acceptors (Lipinski definition) is 5. The van der Waals surface area contributed by atoms with Crippen molar-refractivity contribution in [2.24, 2.45) is 0 Å². The molecule has 0 atom stereocenters. The lowest BCUT2D eigenvalue weighted by atomic mass is 10.1. The quantitative estimate of drug-likeness (QED) is 0.778. The predicted molar refractivity (Wildman–Crippen MR) is 94.7 cm³/mol. The number of carbonyl (C=O) groups excluding carboxylic acids is 1. The number of amides is 1. The van der Waals surface area contributed by atoms with Crippen molar-refractivity contribution in [2.75, 3.05) is 21.3 Å². The monoisotopic (exact) mass is 361 g/mol. The Morgan fingerprint density at radius 2 is 1.92 bits per heavy atom. The average Bonchev–Trinajstić information content (AvgIpc) is 2.99. The van der Waals surface area contributed by atoms with E-state index in [1.165, 1.54) is 11.0 Å². The van der Waals surface area contributed by atoms with Gasteiger partial charge in [-0.25, -0.2) is 4.79 Å². The summed E-state index contributed by atoms with van der Waals surface area (Å²) >= 11 is 0. The number of methoxy groups -OCH3 is 2. The number of hydrogen-bond donors (Lipinski definition) is 1. The Bertz CT molecular complexity index is 795. The van der Waals surface area contributed by atoms with Gasteiger partial charge in [0.15, 0.2) is 0 Å². The van der Waals surface area contributed by atoms with Crippen LogP contribution in [0.4, 0.5) is 0 Å². The lowest BCUT2D eigenvalue weighted by Crippen LogP contribution is -2.26. The van der Waals surface area contributed by atoms with Gasteiger partial charge < -0.3 is 23.9 Å². The minimum absolute atomic E-state index is 0.0826. The molecule has 7 heteroatoms. The molecule has 0 fully saturated rings. The molecule has 0 unspecified atom stereocenters. The SMILES string of the molecule is COc1ccc(OC)c(CCC(=O)N(C)Cc2cc(C(=O)O)c(C)o2)c1. The number of aryl methyl sites for hydroxylation is 2. The van der Waals surface area contributed by atoms with Crippen LogP contribution in [-0.2, 0) is 17.8 Å². The fourth-order valence-corrected chi connectivity index (χ4v) is 2.67. The van der Waals surface area contributed by atoms with E-state index < -0.39 is 5.97 Å². The summed E-state index contributed by atoms with van der Waals surface area (Å²) < 4.78 is 15.9. The molecular weight excluding hydrogens is 338 g/mol. The zero-order valence-corrected chi connectivity index (χ0v) is 15.4. The molecule has 0 radical (unpaired) electrons. The molecule has 0 aliphatic rings. The summed E-state index contributed by atoms with van der Waals surface area (Å²) in [6, 6.07) is 6.91. The van der Waals surface area contributed by atoms with Gasteiger partial charge in [-0.3, -0.25) is 4.79 Å². The Hall–Kier alpha value is -2.96. The van der Waals surface area contributed by atoms with Gasteiger partial charge in [0, 0.05) is 13.5 Å². The van der Waals surface area contributed by atoms with Gasteiger partial charge in [-0.05, 0) is 43.2 Å². The van der Waals surface area contributed by atoms with Crippen molar-refractivity contribution in [2.45, 2.75) is 26.3 Å². The zero-order valence-electron chi connectivity index (χ0n) is 15.4. The maximum Gasteiger partial charge on any atom is 0.339 e. The maximum atomic E-state index is 12.4. The number of aromatic carboxylic acids is 1. The summed E-state index contributed by atoms with van der Waals surface area (Å²) in [7, 11) is 4.82. The van der Waals surface area contributed by atoms with Crippen LogP contribution in [0.25, 0.3) is 0 Å². The molecule has 1 N–H and O–H groups in total. The van der Waals surface area contributed by atoms with E-state index in [0.717, 1.165) is 5.56 Å². The highest BCUT2D eigenvalue weighted by atomic mass is 16.5. The van der Waals surface area contributed by atoms with E-state index >= 15 is 0 Å². The summed E-state index contributed by atoms with van der Waals surface area (Å²) in [5.74, 6) is 1.05. The second-order valence-corrected chi connectivity index (χ2v) is 5.92. The lowest BCUT2D eigenvalue weighted by molar-refractivity contribution is -0.130. The molecule has 1 amide bonds. The molecule has 0 saturated carbocycles. The first-order chi connectivity index (χ1) is 12.3. The predicted octanol–water partition coefficient (Wildman–Crippen LogP) is 2.89. The molecule has 26 heavy (non-hydrogen) atoms. The van der Waals surface area contributed by atoms with Crippen LogP contribution in [0, 0.1) is 6.92 Å². The number of benzene rings is 1. The highest BCUT2D eigenvalue weighted by molar-refractivity contribution is 5.88. The Balaban J connectivity index is 1.99. The van der Waals surface area contributed by atoms with E-state index in [4.69, 9.17) is 19.0 Å². The Kier molecular flexibility index (Phi) is 6.27. The highest BCUT2D eigenvalue weighted by Gasteiger charge is 2.17. The molecule has 140 valence electrons. The van der Waals surface area contributed by atoms with Gasteiger partial charge in [0.25, 0.3) is 0 Å². The van der Waals surface area contributed by atoms with Crippen molar-refractivity contribution in [3.8, 4) is 11.5 Å². The van der Waals surface area contributed by atoms with Crippen LogP contribution in [0.5, 0.6) is 11.5 Å². The van der Waals surface area contributed by atoms with E-state index in [-0.39, 0.29) is 24.4 Å². The molecule has 1 heterocycles. The molecule has 1 aromatic heterocycles. The Labute approximate surface area is 152 Å². The van der Waals surface area contributed by atoms with Crippen LogP contribution >= 0.6 is 0 Å². The molecule has 2 rings (SSSR count). The summed E-state index contributed by atoms with van der Waals surface area (Å²) in [4.78, 5) is 25.0. The molecule has 0 aliphatic heterocycles. The number of nitrogens with zero attached hydrogens (tertiary/aromatic N) is 1. The Morgan fingerprint density at radius 3 is 2.50 bits per heavy atom. The van der Waals surface area contributed by atoms with Gasteiger partial charge in [0.2, 0.25) is 5.91 Å². The number of ether oxygens (including phenoxy) is 2. The van der Waals surface area contributed by atoms with Gasteiger partial charge in [-0.2, -0.15) is 0 Å². The van der Waals surface area contributed by atoms with Crippen molar-refractivity contribution >= 4 is 11.9 Å². The van der Waals surface area contributed by atoms with E-state index in [1.807, 2.05) is 6.07 Å². The number of carboxylic acid groups (broad SMARTS) is 1. The fourth-order valence-electron chi connectivity index (χ4n) is 2.67. The van der Waals surface area contributed by atoms with Gasteiger partial charge in [0.1, 0.15) is 28.6 Å². The zero-order chi connectivity index (χ0) is 19.3. The molecule has 1 aromatic carbocycles. The van der Waals surface area contributed by atoms with Crippen molar-refractivity contribution in [1.29, 1.82) is 0 Å². The van der Waals surface area contributed by atoms with Crippen molar-refractivity contribution in [3.05, 3.63) is 46.9 Å². The topological polar surface area (TPSA) is 89.2 Å². The molecule has 0 bridgehead atoms. The Morgan fingerprint density at radius 1 is 1.19 bits per heavy atom. The molecule has 7 nitrogen and oxygen atoms in total. The minimum Gasteiger partial charge on any atom is -0.497 e. The van der Waals surface area contributed by atoms with Gasteiger partial charge in [0.05, 0.1) is 20.8 Å². The van der Waals surface area contributed by atoms with Crippen LogP contribution < -0.4 is 9.47 Å². The summed E-state index contributed by atoms with van der Waals surface area (Å²) in [5, 5.41) is 9.06. The largest absolute Gasteiger partial charge is 0.497 e. The first kappa shape index (κ1) is 19.4. The lowest BCUT2D eigenvalue weighted by Gasteiger charge is -2.16. The summed E-state index contributed by atoms with van der Waals surface area (Å²) in [5.41, 5.74) is 0.998. The maximum absolute atomic E-state index is 12.4. The third-order valence-electron chi connectivity index (χ3n) is 4.11. The highest BCUT2D eigenvalue weighted by Crippen LogP contribution is 2.25. The van der Waals surface area contributed by atoms with E-state index in [9.17, 15) is 9.59 Å². The fraction of sp³-hybridized carbons (Fsp3) is 0.368. The van der Waals surface area contributed by atoms with Crippen LogP contribution in [0.3, 0.4) is 0 Å². The molecular formula is C19H23NO6. The minimum atomic E-state index is -1.04. The second kappa shape index (κ2) is 8.42. The standard InChI is InChI=1S/C19H23NO6/c1-12-16(19(22)23)10-15(26-12)11-20(2)18(21)8-5-13-9-14(24-3)6-7-17(13)25-4/h6-7,9-10H,5,8,11H2,1-4H3,(H,22,23). The van der Waals surface area contributed by atoms with Gasteiger partial charge in [-0.15, -0.1) is 0 Å². The van der Waals surface area contributed by atoms with E-state index in [0.29, 0.717) is 29.4 Å². The first-order valence-corrected chi connectivity index (χ1v) is 8.13. The first-order valence-electron chi connectivity index (χ1n) is 8.13. The van der Waals surface area contributed by atoms with Gasteiger partial charge in [-0.1, -0.05) is 0 Å². The van der Waals surface area contributed by atoms with Crippen LogP contribution in [0.15, 0.2) is 28.7 Å². The van der Waals surface area contributed by atoms with Crippen LogP contribution in [0.1, 0.15) is 33.9 Å². The smallest absolute Gasteiger partial charge is 0.339 e. The molecule has 2 aromatic rings. The van der Waals surface area contributed by atoms with Crippen LogP contribution in [-0.4, -0.2) is 43.2 Å². The third kappa shape index (κ3) is 4.56. The average molecular weight is 361 g/mol. The van der Waals surface area contributed by atoms with Crippen molar-refractivity contribution in [3.63, 3.8) is 0 Å². The van der Waals surface area contributed by atoms with Crippen molar-refractivity contribution in [1.82, 2.24) is 4.90 Å². The summed E-state index contributed by atoms with van der Waals surface area (Å²) in [6.07, 6.45) is 0.784. The van der Waals surface area contributed by atoms with Crippen molar-refractivity contribution < 1.29 is 28.6 Å². The number of furan rings is 1. The molecule has 0 aliphatic carbocycles. The normalized spacial score (nSPS) is 10.5. The van der Waals surface area contributed by atoms with E-state index in [2.05, 4.69) is 0 Å². The summed E-state index contributed by atoms with van der Waals surface area (Å²) in [6.45, 7) is 1.80. The number of carboxylic acids is 1.